The maximum atomic E-state index is 12.7. The molecule has 1 atom stereocenters. The van der Waals surface area contributed by atoms with Gasteiger partial charge in [0.05, 0.1) is 12.2 Å². The summed E-state index contributed by atoms with van der Waals surface area (Å²) < 4.78 is 2.01. The fourth-order valence-corrected chi connectivity index (χ4v) is 3.90. The number of hydrogen-bond acceptors (Lipinski definition) is 4. The largest absolute Gasteiger partial charge is 0.379 e. The molecule has 1 saturated heterocycles. The zero-order valence-corrected chi connectivity index (χ0v) is 17.4. The number of nitrogens with zero attached hydrogens (tertiary/aromatic N) is 3. The van der Waals surface area contributed by atoms with Crippen molar-refractivity contribution in [3.8, 4) is 0 Å². The molecule has 6 nitrogen and oxygen atoms in total. The molecule has 1 amide bonds. The van der Waals surface area contributed by atoms with Crippen LogP contribution in [0.4, 0.5) is 0 Å². The Balaban J connectivity index is 1.89. The van der Waals surface area contributed by atoms with Crippen molar-refractivity contribution in [3.63, 3.8) is 0 Å². The van der Waals surface area contributed by atoms with Gasteiger partial charge in [-0.3, -0.25) is 9.48 Å². The van der Waals surface area contributed by atoms with Crippen molar-refractivity contribution in [2.24, 2.45) is 5.41 Å². The average molecular weight is 365 g/mol. The molecule has 1 aromatic rings. The van der Waals surface area contributed by atoms with Gasteiger partial charge in [0.2, 0.25) is 0 Å². The Bertz CT molecular complexity index is 632. The lowest BCUT2D eigenvalue weighted by molar-refractivity contribution is -0.158. The number of hydrogen-bond donors (Lipinski definition) is 2. The Morgan fingerprint density at radius 3 is 2.58 bits per heavy atom. The van der Waals surface area contributed by atoms with Crippen molar-refractivity contribution in [1.29, 1.82) is 0 Å². The number of aryl methyl sites for hydroxylation is 1. The van der Waals surface area contributed by atoms with Crippen molar-refractivity contribution in [3.05, 3.63) is 17.0 Å². The van der Waals surface area contributed by atoms with E-state index in [9.17, 15) is 9.90 Å². The summed E-state index contributed by atoms with van der Waals surface area (Å²) in [6.45, 7) is 15.8. The van der Waals surface area contributed by atoms with E-state index in [0.717, 1.165) is 31.6 Å². The minimum absolute atomic E-state index is 0.0355. The summed E-state index contributed by atoms with van der Waals surface area (Å²) in [7, 11) is 0. The number of aliphatic hydroxyl groups is 1. The Hall–Kier alpha value is -1.40. The Morgan fingerprint density at radius 2 is 2.00 bits per heavy atom. The summed E-state index contributed by atoms with van der Waals surface area (Å²) in [6.07, 6.45) is 2.36. The molecule has 1 aliphatic rings. The van der Waals surface area contributed by atoms with E-state index >= 15 is 0 Å². The molecule has 0 radical (unpaired) electrons. The molecule has 0 aromatic carbocycles. The summed E-state index contributed by atoms with van der Waals surface area (Å²) in [4.78, 5) is 14.6. The van der Waals surface area contributed by atoms with Crippen LogP contribution >= 0.6 is 0 Å². The van der Waals surface area contributed by atoms with Gasteiger partial charge >= 0.3 is 0 Å². The number of likely N-dealkylation sites (tertiary alicyclic amines) is 1. The van der Waals surface area contributed by atoms with Crippen LogP contribution in [0.2, 0.25) is 0 Å². The van der Waals surface area contributed by atoms with E-state index in [1.807, 2.05) is 16.5 Å². The Labute approximate surface area is 158 Å². The van der Waals surface area contributed by atoms with E-state index in [-0.39, 0.29) is 11.3 Å². The summed E-state index contributed by atoms with van der Waals surface area (Å²) in [5.74, 6) is -0.134. The number of carbonyl (C=O) groups excluding carboxylic acids is 1. The minimum Gasteiger partial charge on any atom is -0.379 e. The van der Waals surface area contributed by atoms with E-state index in [1.165, 1.54) is 11.3 Å². The first-order valence-electron chi connectivity index (χ1n) is 9.83. The van der Waals surface area contributed by atoms with Gasteiger partial charge in [-0.05, 0) is 44.1 Å². The topological polar surface area (TPSA) is 70.4 Å². The Kier molecular flexibility index (Phi) is 6.51. The molecule has 6 heteroatoms. The molecule has 0 saturated carbocycles. The molecule has 1 fully saturated rings. The predicted molar refractivity (Wildman–Crippen MR) is 104 cm³/mol. The molecule has 1 aromatic heterocycles. The average Bonchev–Trinajstić information content (AvgIpc) is 2.81. The van der Waals surface area contributed by atoms with Gasteiger partial charge in [-0.2, -0.15) is 5.10 Å². The number of amides is 1. The summed E-state index contributed by atoms with van der Waals surface area (Å²) in [6, 6.07) is 0. The van der Waals surface area contributed by atoms with E-state index < -0.39 is 5.60 Å². The zero-order valence-electron chi connectivity index (χ0n) is 17.4. The molecule has 0 aliphatic carbocycles. The second kappa shape index (κ2) is 8.09. The van der Waals surface area contributed by atoms with E-state index in [1.54, 1.807) is 0 Å². The minimum atomic E-state index is -1.28. The van der Waals surface area contributed by atoms with Crippen LogP contribution in [0.3, 0.4) is 0 Å². The third-order valence-corrected chi connectivity index (χ3v) is 5.17. The SMILES string of the molecule is CCc1c(C)nn(CCNC[C@@]2(O)CCCN(CC(C)(C)C)C2=O)c1C. The molecule has 148 valence electrons. The monoisotopic (exact) mass is 364 g/mol. The van der Waals surface area contributed by atoms with Crippen LogP contribution in [0.1, 0.15) is 57.5 Å². The third kappa shape index (κ3) is 4.86. The Morgan fingerprint density at radius 1 is 1.31 bits per heavy atom. The first kappa shape index (κ1) is 20.9. The van der Waals surface area contributed by atoms with Gasteiger partial charge in [-0.1, -0.05) is 27.7 Å². The highest BCUT2D eigenvalue weighted by atomic mass is 16.3. The number of piperidine rings is 1. The fourth-order valence-electron chi connectivity index (χ4n) is 3.90. The number of nitrogens with one attached hydrogen (secondary N) is 1. The maximum absolute atomic E-state index is 12.7. The zero-order chi connectivity index (χ0) is 19.5. The molecular weight excluding hydrogens is 328 g/mol. The number of rotatable bonds is 7. The molecule has 1 aliphatic heterocycles. The summed E-state index contributed by atoms with van der Waals surface area (Å²) in [5.41, 5.74) is 2.35. The lowest BCUT2D eigenvalue weighted by Crippen LogP contribution is -2.59. The maximum Gasteiger partial charge on any atom is 0.255 e. The third-order valence-electron chi connectivity index (χ3n) is 5.17. The lowest BCUT2D eigenvalue weighted by Gasteiger charge is -2.41. The van der Waals surface area contributed by atoms with Crippen LogP contribution in [0.5, 0.6) is 0 Å². The van der Waals surface area contributed by atoms with Crippen molar-refractivity contribution in [1.82, 2.24) is 20.0 Å². The standard InChI is InChI=1S/C20H36N4O2/c1-7-17-15(2)22-24(16(17)3)12-10-21-13-20(26)9-8-11-23(18(20)25)14-19(4,5)6/h21,26H,7-14H2,1-6H3/t20-/m0/s1. The van der Waals surface area contributed by atoms with E-state index in [4.69, 9.17) is 0 Å². The molecule has 0 unspecified atom stereocenters. The molecule has 26 heavy (non-hydrogen) atoms. The molecule has 0 bridgehead atoms. The highest BCUT2D eigenvalue weighted by Gasteiger charge is 2.42. The highest BCUT2D eigenvalue weighted by Crippen LogP contribution is 2.25. The van der Waals surface area contributed by atoms with Gasteiger partial charge in [0, 0.05) is 31.9 Å². The van der Waals surface area contributed by atoms with Gasteiger partial charge in [0.25, 0.3) is 5.91 Å². The van der Waals surface area contributed by atoms with Crippen molar-refractivity contribution in [2.45, 2.75) is 73.0 Å². The number of carbonyl (C=O) groups is 1. The van der Waals surface area contributed by atoms with Gasteiger partial charge in [-0.25, -0.2) is 0 Å². The molecule has 0 spiro atoms. The van der Waals surface area contributed by atoms with Gasteiger partial charge in [0.15, 0.2) is 5.60 Å². The second-order valence-corrected chi connectivity index (χ2v) is 8.83. The van der Waals surface area contributed by atoms with Gasteiger partial charge in [-0.15, -0.1) is 0 Å². The first-order chi connectivity index (χ1) is 12.1. The molecular formula is C20H36N4O2. The van der Waals surface area contributed by atoms with Crippen molar-refractivity contribution < 1.29 is 9.90 Å². The summed E-state index contributed by atoms with van der Waals surface area (Å²) in [5, 5.41) is 18.7. The molecule has 2 heterocycles. The molecule has 2 rings (SSSR count). The van der Waals surface area contributed by atoms with E-state index in [0.29, 0.717) is 26.1 Å². The quantitative estimate of drug-likeness (QED) is 0.727. The van der Waals surface area contributed by atoms with Crippen LogP contribution in [0.25, 0.3) is 0 Å². The van der Waals surface area contributed by atoms with Crippen molar-refractivity contribution >= 4 is 5.91 Å². The van der Waals surface area contributed by atoms with Crippen LogP contribution in [0.15, 0.2) is 0 Å². The van der Waals surface area contributed by atoms with Crippen LogP contribution in [0, 0.1) is 19.3 Å². The summed E-state index contributed by atoms with van der Waals surface area (Å²) >= 11 is 0. The first-order valence-corrected chi connectivity index (χ1v) is 9.83. The molecule has 2 N–H and O–H groups in total. The van der Waals surface area contributed by atoms with Crippen LogP contribution < -0.4 is 5.32 Å². The highest BCUT2D eigenvalue weighted by molar-refractivity contribution is 5.86. The lowest BCUT2D eigenvalue weighted by atomic mass is 9.88. The normalized spacial score (nSPS) is 21.5. The van der Waals surface area contributed by atoms with Gasteiger partial charge in [0.1, 0.15) is 0 Å². The smallest absolute Gasteiger partial charge is 0.255 e. The van der Waals surface area contributed by atoms with Crippen molar-refractivity contribution in [2.75, 3.05) is 26.2 Å². The fraction of sp³-hybridized carbons (Fsp3) is 0.800. The van der Waals surface area contributed by atoms with Gasteiger partial charge < -0.3 is 15.3 Å². The van der Waals surface area contributed by atoms with Crippen LogP contribution in [-0.4, -0.2) is 57.5 Å². The predicted octanol–water partition coefficient (Wildman–Crippen LogP) is 2.05. The van der Waals surface area contributed by atoms with Crippen LogP contribution in [-0.2, 0) is 17.8 Å². The van der Waals surface area contributed by atoms with E-state index in [2.05, 4.69) is 45.0 Å². The number of aromatic nitrogens is 2. The second-order valence-electron chi connectivity index (χ2n) is 8.83.